The van der Waals surface area contributed by atoms with Crippen molar-refractivity contribution < 1.29 is 13.2 Å². The fraction of sp³-hybridized carbons (Fsp3) is 0.182. The molecule has 3 aromatic rings. The molecule has 0 amide bonds. The maximum absolute atomic E-state index is 12.5. The molecule has 17 heavy (non-hydrogen) atoms. The molecule has 2 heterocycles. The lowest BCUT2D eigenvalue weighted by atomic mass is 10.2. The zero-order chi connectivity index (χ0) is 12.2. The van der Waals surface area contributed by atoms with Crippen molar-refractivity contribution >= 4 is 26.5 Å². The quantitative estimate of drug-likeness (QED) is 0.596. The zero-order valence-corrected chi connectivity index (χ0v) is 9.56. The van der Waals surface area contributed by atoms with Gasteiger partial charge in [0.05, 0.1) is 21.5 Å². The number of thiazole rings is 1. The zero-order valence-electron chi connectivity index (χ0n) is 8.75. The molecule has 0 aliphatic heterocycles. The van der Waals surface area contributed by atoms with Crippen LogP contribution in [0.3, 0.4) is 0 Å². The molecule has 3 rings (SSSR count). The molecule has 0 bridgehead atoms. The molecular formula is C11H7F3N2S. The van der Waals surface area contributed by atoms with Gasteiger partial charge in [0.2, 0.25) is 0 Å². The lowest BCUT2D eigenvalue weighted by Crippen LogP contribution is -2.03. The Balaban J connectivity index is 2.31. The summed E-state index contributed by atoms with van der Waals surface area (Å²) in [5, 5.41) is 0. The Morgan fingerprint density at radius 2 is 2.06 bits per heavy atom. The molecule has 0 radical (unpaired) electrons. The van der Waals surface area contributed by atoms with Crippen LogP contribution in [-0.2, 0) is 6.18 Å². The minimum atomic E-state index is -4.30. The van der Waals surface area contributed by atoms with E-state index in [-0.39, 0.29) is 0 Å². The van der Waals surface area contributed by atoms with Crippen LogP contribution in [0.2, 0.25) is 0 Å². The van der Waals surface area contributed by atoms with Crippen molar-refractivity contribution in [2.75, 3.05) is 0 Å². The van der Waals surface area contributed by atoms with Gasteiger partial charge in [-0.15, -0.1) is 0 Å². The van der Waals surface area contributed by atoms with Gasteiger partial charge < -0.3 is 0 Å². The maximum Gasteiger partial charge on any atom is 0.416 e. The Labute approximate surface area is 98.3 Å². The first-order valence-corrected chi connectivity index (χ1v) is 5.72. The van der Waals surface area contributed by atoms with E-state index in [9.17, 15) is 13.2 Å². The van der Waals surface area contributed by atoms with Crippen LogP contribution >= 0.6 is 11.3 Å². The largest absolute Gasteiger partial charge is 0.416 e. The van der Waals surface area contributed by atoms with E-state index >= 15 is 0 Å². The number of rotatable bonds is 0. The van der Waals surface area contributed by atoms with Gasteiger partial charge in [0.25, 0.3) is 0 Å². The van der Waals surface area contributed by atoms with Crippen molar-refractivity contribution in [1.82, 2.24) is 9.38 Å². The summed E-state index contributed by atoms with van der Waals surface area (Å²) in [7, 11) is 0. The predicted molar refractivity (Wildman–Crippen MR) is 60.3 cm³/mol. The SMILES string of the molecule is Cc1cn2c(n1)sc1cc(C(F)(F)F)ccc12. The van der Waals surface area contributed by atoms with Gasteiger partial charge in [-0.05, 0) is 25.1 Å². The minimum Gasteiger partial charge on any atom is -0.290 e. The first kappa shape index (κ1) is 10.6. The van der Waals surface area contributed by atoms with E-state index in [0.29, 0.717) is 4.70 Å². The number of nitrogens with zero attached hydrogens (tertiary/aromatic N) is 2. The van der Waals surface area contributed by atoms with Crippen LogP contribution in [0.4, 0.5) is 13.2 Å². The molecule has 2 aromatic heterocycles. The molecule has 6 heteroatoms. The number of halogens is 3. The topological polar surface area (TPSA) is 17.3 Å². The number of aromatic nitrogens is 2. The monoisotopic (exact) mass is 256 g/mol. The maximum atomic E-state index is 12.5. The predicted octanol–water partition coefficient (Wildman–Crippen LogP) is 3.88. The van der Waals surface area contributed by atoms with E-state index < -0.39 is 11.7 Å². The van der Waals surface area contributed by atoms with Gasteiger partial charge in [0, 0.05) is 6.20 Å². The molecule has 0 N–H and O–H groups in total. The lowest BCUT2D eigenvalue weighted by molar-refractivity contribution is -0.137. The first-order valence-electron chi connectivity index (χ1n) is 4.90. The fourth-order valence-corrected chi connectivity index (χ4v) is 2.88. The van der Waals surface area contributed by atoms with E-state index in [1.54, 1.807) is 0 Å². The average Bonchev–Trinajstić information content (AvgIpc) is 2.71. The number of fused-ring (bicyclic) bond motifs is 3. The Bertz CT molecular complexity index is 708. The number of hydrogen-bond donors (Lipinski definition) is 0. The summed E-state index contributed by atoms with van der Waals surface area (Å²) in [5.41, 5.74) is 1.00. The van der Waals surface area contributed by atoms with Crippen LogP contribution in [-0.4, -0.2) is 9.38 Å². The number of alkyl halides is 3. The fourth-order valence-electron chi connectivity index (χ4n) is 1.79. The molecule has 1 aromatic carbocycles. The summed E-state index contributed by atoms with van der Waals surface area (Å²) in [4.78, 5) is 4.96. The van der Waals surface area contributed by atoms with E-state index in [1.165, 1.54) is 23.5 Å². The molecule has 0 unspecified atom stereocenters. The van der Waals surface area contributed by atoms with Crippen LogP contribution < -0.4 is 0 Å². The summed E-state index contributed by atoms with van der Waals surface area (Å²) in [6.45, 7) is 1.86. The highest BCUT2D eigenvalue weighted by atomic mass is 32.1. The second kappa shape index (κ2) is 3.22. The molecule has 0 saturated carbocycles. The van der Waals surface area contributed by atoms with Gasteiger partial charge >= 0.3 is 6.18 Å². The van der Waals surface area contributed by atoms with Crippen LogP contribution in [0.1, 0.15) is 11.3 Å². The van der Waals surface area contributed by atoms with Crippen molar-refractivity contribution in [2.45, 2.75) is 13.1 Å². The van der Waals surface area contributed by atoms with Crippen LogP contribution in [0.25, 0.3) is 15.2 Å². The second-order valence-electron chi connectivity index (χ2n) is 3.82. The van der Waals surface area contributed by atoms with Crippen LogP contribution in [0.15, 0.2) is 24.4 Å². The second-order valence-corrected chi connectivity index (χ2v) is 4.83. The summed E-state index contributed by atoms with van der Waals surface area (Å²) >= 11 is 1.26. The van der Waals surface area contributed by atoms with E-state index in [4.69, 9.17) is 0 Å². The molecule has 0 saturated heterocycles. The Kier molecular flexibility index (Phi) is 2.01. The molecule has 0 spiro atoms. The number of hydrogen-bond acceptors (Lipinski definition) is 2. The van der Waals surface area contributed by atoms with Crippen molar-refractivity contribution in [1.29, 1.82) is 0 Å². The highest BCUT2D eigenvalue weighted by Crippen LogP contribution is 2.34. The molecule has 2 nitrogen and oxygen atoms in total. The van der Waals surface area contributed by atoms with Crippen molar-refractivity contribution in [3.63, 3.8) is 0 Å². The number of imidazole rings is 1. The lowest BCUT2D eigenvalue weighted by Gasteiger charge is -2.05. The molecule has 0 aliphatic rings. The molecule has 88 valence electrons. The summed E-state index contributed by atoms with van der Waals surface area (Å²) in [5.74, 6) is 0. The Hall–Kier alpha value is -1.56. The van der Waals surface area contributed by atoms with Crippen molar-refractivity contribution in [3.05, 3.63) is 35.7 Å². The van der Waals surface area contributed by atoms with Crippen molar-refractivity contribution in [3.8, 4) is 0 Å². The Morgan fingerprint density at radius 3 is 2.76 bits per heavy atom. The standard InChI is InChI=1S/C11H7F3N2S/c1-6-5-16-8-3-2-7(11(12,13)14)4-9(8)17-10(16)15-6/h2-5H,1H3. The average molecular weight is 256 g/mol. The minimum absolute atomic E-state index is 0.599. The van der Waals surface area contributed by atoms with Gasteiger partial charge in [0.15, 0.2) is 4.96 Å². The normalized spacial score (nSPS) is 12.7. The third kappa shape index (κ3) is 1.59. The molecule has 0 atom stereocenters. The van der Waals surface area contributed by atoms with E-state index in [2.05, 4.69) is 4.98 Å². The van der Waals surface area contributed by atoms with Gasteiger partial charge in [-0.1, -0.05) is 11.3 Å². The van der Waals surface area contributed by atoms with Gasteiger partial charge in [0.1, 0.15) is 0 Å². The van der Waals surface area contributed by atoms with Crippen LogP contribution in [0.5, 0.6) is 0 Å². The molecule has 0 fully saturated rings. The van der Waals surface area contributed by atoms with Gasteiger partial charge in [-0.3, -0.25) is 4.40 Å². The Morgan fingerprint density at radius 1 is 1.29 bits per heavy atom. The smallest absolute Gasteiger partial charge is 0.290 e. The number of aryl methyl sites for hydroxylation is 1. The molecular weight excluding hydrogens is 249 g/mol. The van der Waals surface area contributed by atoms with Gasteiger partial charge in [-0.2, -0.15) is 13.2 Å². The van der Waals surface area contributed by atoms with E-state index in [1.807, 2.05) is 17.5 Å². The highest BCUT2D eigenvalue weighted by molar-refractivity contribution is 7.23. The summed E-state index contributed by atoms with van der Waals surface area (Å²) in [6, 6.07) is 3.76. The summed E-state index contributed by atoms with van der Waals surface area (Å²) in [6.07, 6.45) is -2.47. The van der Waals surface area contributed by atoms with Gasteiger partial charge in [-0.25, -0.2) is 4.98 Å². The number of benzene rings is 1. The molecule has 0 aliphatic carbocycles. The van der Waals surface area contributed by atoms with Crippen LogP contribution in [0, 0.1) is 6.92 Å². The van der Waals surface area contributed by atoms with Crippen molar-refractivity contribution in [2.24, 2.45) is 0 Å². The summed E-state index contributed by atoms with van der Waals surface area (Å²) < 4.78 is 40.0. The van der Waals surface area contributed by atoms with E-state index in [0.717, 1.165) is 22.2 Å². The first-order chi connectivity index (χ1) is 7.95. The highest BCUT2D eigenvalue weighted by Gasteiger charge is 2.30. The third-order valence-corrected chi connectivity index (χ3v) is 3.56. The third-order valence-electron chi connectivity index (χ3n) is 2.54.